The fourth-order valence-electron chi connectivity index (χ4n) is 5.37. The molecule has 1 amide bonds. The van der Waals surface area contributed by atoms with E-state index in [1.165, 1.54) is 4.90 Å². The van der Waals surface area contributed by atoms with E-state index in [4.69, 9.17) is 9.47 Å². The second kappa shape index (κ2) is 12.8. The van der Waals surface area contributed by atoms with Gasteiger partial charge in [-0.3, -0.25) is 14.5 Å². The molecule has 1 aliphatic rings. The highest BCUT2D eigenvalue weighted by molar-refractivity contribution is 6.51. The first kappa shape index (κ1) is 30.6. The Balaban J connectivity index is 1.57. The number of Topliss-reactive ketones (excluding diaryl/α,β-unsaturated/α-hetero) is 1. The molecule has 1 N–H and O–H groups in total. The Labute approximate surface area is 259 Å². The van der Waals surface area contributed by atoms with Crippen molar-refractivity contribution in [3.8, 4) is 11.5 Å². The smallest absolute Gasteiger partial charge is 0.300 e. The molecule has 0 radical (unpaired) electrons. The minimum absolute atomic E-state index is 0.0377. The molecular formula is C38H39NO5. The van der Waals surface area contributed by atoms with Gasteiger partial charge < -0.3 is 14.6 Å². The molecule has 226 valence electrons. The zero-order valence-corrected chi connectivity index (χ0v) is 26.0. The third-order valence-electron chi connectivity index (χ3n) is 7.79. The van der Waals surface area contributed by atoms with Crippen LogP contribution >= 0.6 is 0 Å². The van der Waals surface area contributed by atoms with Crippen LogP contribution in [-0.4, -0.2) is 23.4 Å². The van der Waals surface area contributed by atoms with Crippen molar-refractivity contribution in [1.29, 1.82) is 0 Å². The summed E-state index contributed by atoms with van der Waals surface area (Å²) in [5, 5.41) is 11.7. The Bertz CT molecular complexity index is 1680. The van der Waals surface area contributed by atoms with E-state index in [1.54, 1.807) is 36.4 Å². The Hall–Kier alpha value is -4.84. The van der Waals surface area contributed by atoms with Gasteiger partial charge in [0, 0.05) is 17.3 Å². The highest BCUT2D eigenvalue weighted by Crippen LogP contribution is 2.43. The fraction of sp³-hybridized carbons (Fsp3) is 0.263. The lowest BCUT2D eigenvalue weighted by molar-refractivity contribution is -0.132. The van der Waals surface area contributed by atoms with Gasteiger partial charge >= 0.3 is 0 Å². The monoisotopic (exact) mass is 589 g/mol. The van der Waals surface area contributed by atoms with Gasteiger partial charge in [0.2, 0.25) is 0 Å². The molecule has 5 rings (SSSR count). The first-order valence-electron chi connectivity index (χ1n) is 15.0. The maximum absolute atomic E-state index is 13.7. The molecule has 4 aromatic rings. The molecule has 1 saturated heterocycles. The standard InChI is InChI=1S/C38H39NO5/c1-6-21-43-31-14-10-13-30(23-31)39-34(27-15-18-29(19-16-27)38(3,4)5)33(36(41)37(39)42)35(40)28-17-20-32(25(2)22-28)44-24-26-11-8-7-9-12-26/h7-20,22-23,34,40H,6,21,24H2,1-5H3/b35-33+. The van der Waals surface area contributed by atoms with Crippen molar-refractivity contribution in [1.82, 2.24) is 0 Å². The summed E-state index contributed by atoms with van der Waals surface area (Å²) in [6, 6.07) is 29.4. The normalized spacial score (nSPS) is 16.3. The number of carbonyl (C=O) groups excluding carboxylic acids is 2. The first-order chi connectivity index (χ1) is 21.1. The van der Waals surface area contributed by atoms with Crippen molar-refractivity contribution >= 4 is 23.1 Å². The number of nitrogens with zero attached hydrogens (tertiary/aromatic N) is 1. The van der Waals surface area contributed by atoms with Crippen LogP contribution in [0, 0.1) is 6.92 Å². The largest absolute Gasteiger partial charge is 0.507 e. The van der Waals surface area contributed by atoms with E-state index in [9.17, 15) is 14.7 Å². The molecule has 0 aromatic heterocycles. The summed E-state index contributed by atoms with van der Waals surface area (Å²) in [5.74, 6) is -0.399. The zero-order chi connectivity index (χ0) is 31.4. The summed E-state index contributed by atoms with van der Waals surface area (Å²) in [4.78, 5) is 28.9. The van der Waals surface area contributed by atoms with Gasteiger partial charge in [-0.15, -0.1) is 0 Å². The van der Waals surface area contributed by atoms with Gasteiger partial charge in [0.25, 0.3) is 11.7 Å². The van der Waals surface area contributed by atoms with Crippen molar-refractivity contribution in [2.24, 2.45) is 0 Å². The molecule has 1 unspecified atom stereocenters. The van der Waals surface area contributed by atoms with E-state index < -0.39 is 17.7 Å². The average Bonchev–Trinajstić information content (AvgIpc) is 3.29. The third kappa shape index (κ3) is 6.40. The van der Waals surface area contributed by atoms with Crippen LogP contribution in [0.4, 0.5) is 5.69 Å². The van der Waals surface area contributed by atoms with E-state index in [1.807, 2.05) is 74.5 Å². The number of ether oxygens (including phenoxy) is 2. The molecule has 1 heterocycles. The Kier molecular flexibility index (Phi) is 8.91. The molecular weight excluding hydrogens is 550 g/mol. The predicted molar refractivity (Wildman–Crippen MR) is 174 cm³/mol. The minimum atomic E-state index is -0.834. The van der Waals surface area contributed by atoms with Gasteiger partial charge in [0.15, 0.2) is 0 Å². The quantitative estimate of drug-likeness (QED) is 0.121. The van der Waals surface area contributed by atoms with Crippen LogP contribution in [0.15, 0.2) is 103 Å². The molecule has 1 atom stereocenters. The average molecular weight is 590 g/mol. The number of rotatable bonds is 9. The minimum Gasteiger partial charge on any atom is -0.507 e. The Morgan fingerprint density at radius 3 is 2.25 bits per heavy atom. The number of aryl methyl sites for hydroxylation is 1. The topological polar surface area (TPSA) is 76.1 Å². The van der Waals surface area contributed by atoms with Crippen LogP contribution in [0.5, 0.6) is 11.5 Å². The first-order valence-corrected chi connectivity index (χ1v) is 15.0. The number of carbonyl (C=O) groups is 2. The molecule has 1 fully saturated rings. The third-order valence-corrected chi connectivity index (χ3v) is 7.79. The van der Waals surface area contributed by atoms with E-state index in [0.29, 0.717) is 36.0 Å². The lowest BCUT2D eigenvalue weighted by Crippen LogP contribution is -2.29. The van der Waals surface area contributed by atoms with Crippen molar-refractivity contribution in [2.45, 2.75) is 59.1 Å². The van der Waals surface area contributed by atoms with E-state index in [2.05, 4.69) is 20.8 Å². The second-order valence-electron chi connectivity index (χ2n) is 12.1. The summed E-state index contributed by atoms with van der Waals surface area (Å²) in [6.07, 6.45) is 0.838. The van der Waals surface area contributed by atoms with E-state index >= 15 is 0 Å². The molecule has 0 saturated carbocycles. The van der Waals surface area contributed by atoms with Gasteiger partial charge in [-0.1, -0.05) is 88.4 Å². The number of amides is 1. The maximum Gasteiger partial charge on any atom is 0.300 e. The summed E-state index contributed by atoms with van der Waals surface area (Å²) in [6.45, 7) is 11.2. The predicted octanol–water partition coefficient (Wildman–Crippen LogP) is 8.29. The molecule has 44 heavy (non-hydrogen) atoms. The van der Waals surface area contributed by atoms with Gasteiger partial charge in [0.1, 0.15) is 23.9 Å². The summed E-state index contributed by atoms with van der Waals surface area (Å²) < 4.78 is 11.9. The molecule has 1 aliphatic heterocycles. The molecule has 0 spiro atoms. The van der Waals surface area contributed by atoms with Crippen LogP contribution in [0.1, 0.15) is 68.0 Å². The maximum atomic E-state index is 13.7. The molecule has 6 nitrogen and oxygen atoms in total. The molecule has 0 bridgehead atoms. The van der Waals surface area contributed by atoms with Crippen molar-refractivity contribution < 1.29 is 24.2 Å². The van der Waals surface area contributed by atoms with Gasteiger partial charge in [-0.2, -0.15) is 0 Å². The van der Waals surface area contributed by atoms with Crippen LogP contribution in [0.25, 0.3) is 5.76 Å². The fourth-order valence-corrected chi connectivity index (χ4v) is 5.37. The van der Waals surface area contributed by atoms with Crippen LogP contribution in [0.3, 0.4) is 0 Å². The van der Waals surface area contributed by atoms with Crippen LogP contribution < -0.4 is 14.4 Å². The van der Waals surface area contributed by atoms with Gasteiger partial charge in [-0.25, -0.2) is 0 Å². The number of aliphatic hydroxyl groups is 1. The Morgan fingerprint density at radius 1 is 0.864 bits per heavy atom. The van der Waals surface area contributed by atoms with Crippen molar-refractivity contribution in [3.05, 3.63) is 130 Å². The van der Waals surface area contributed by atoms with Crippen LogP contribution in [0.2, 0.25) is 0 Å². The van der Waals surface area contributed by atoms with Crippen molar-refractivity contribution in [3.63, 3.8) is 0 Å². The zero-order valence-electron chi connectivity index (χ0n) is 26.0. The number of aliphatic hydroxyl groups excluding tert-OH is 1. The summed E-state index contributed by atoms with van der Waals surface area (Å²) in [5.41, 5.74) is 4.59. The van der Waals surface area contributed by atoms with Crippen molar-refractivity contribution in [2.75, 3.05) is 11.5 Å². The summed E-state index contributed by atoms with van der Waals surface area (Å²) >= 11 is 0. The van der Waals surface area contributed by atoms with Crippen LogP contribution in [-0.2, 0) is 21.6 Å². The lowest BCUT2D eigenvalue weighted by Gasteiger charge is -2.27. The lowest BCUT2D eigenvalue weighted by atomic mass is 9.85. The highest BCUT2D eigenvalue weighted by atomic mass is 16.5. The van der Waals surface area contributed by atoms with E-state index in [0.717, 1.165) is 28.7 Å². The molecule has 6 heteroatoms. The summed E-state index contributed by atoms with van der Waals surface area (Å²) in [7, 11) is 0. The number of hydrogen-bond donors (Lipinski definition) is 1. The highest BCUT2D eigenvalue weighted by Gasteiger charge is 2.47. The second-order valence-corrected chi connectivity index (χ2v) is 12.1. The number of ketones is 1. The number of anilines is 1. The molecule has 4 aromatic carbocycles. The molecule has 0 aliphatic carbocycles. The van der Waals surface area contributed by atoms with E-state index in [-0.39, 0.29) is 16.7 Å². The van der Waals surface area contributed by atoms with Gasteiger partial charge in [-0.05, 0) is 71.3 Å². The number of benzene rings is 4. The SMILES string of the molecule is CCCOc1cccc(N2C(=O)C(=O)/C(=C(/O)c3ccc(OCc4ccccc4)c(C)c3)C2c2ccc(C(C)(C)C)cc2)c1. The Morgan fingerprint density at radius 2 is 1.59 bits per heavy atom. The van der Waals surface area contributed by atoms with Gasteiger partial charge in [0.05, 0.1) is 18.2 Å². The number of hydrogen-bond acceptors (Lipinski definition) is 5.